The van der Waals surface area contributed by atoms with Crippen LogP contribution in [-0.2, 0) is 19.7 Å². The number of hydrogen-bond donors (Lipinski definition) is 1. The van der Waals surface area contributed by atoms with Gasteiger partial charge in [-0.2, -0.15) is 0 Å². The van der Waals surface area contributed by atoms with Gasteiger partial charge in [0.1, 0.15) is 34.4 Å². The monoisotopic (exact) mass is 758 g/mol. The molecule has 0 amide bonds. The summed E-state index contributed by atoms with van der Waals surface area (Å²) in [6.45, 7) is 25.9. The summed E-state index contributed by atoms with van der Waals surface area (Å²) in [6.07, 6.45) is 4.22. The van der Waals surface area contributed by atoms with Crippen molar-refractivity contribution < 1.29 is 28.8 Å². The van der Waals surface area contributed by atoms with Gasteiger partial charge in [0.05, 0.1) is 18.8 Å². The molecule has 1 aliphatic rings. The fraction of sp³-hybridized carbons (Fsp3) is 0.420. The maximum atomic E-state index is 12.2. The highest BCUT2D eigenvalue weighted by Crippen LogP contribution is 2.55. The van der Waals surface area contributed by atoms with E-state index in [0.717, 1.165) is 17.9 Å². The van der Waals surface area contributed by atoms with Crippen LogP contribution in [0, 0.1) is 0 Å². The smallest absolute Gasteiger partial charge is 0.186 e. The van der Waals surface area contributed by atoms with Crippen LogP contribution in [0.5, 0.6) is 11.5 Å². The molecule has 0 spiro atoms. The number of fused-ring (bicyclic) bond motifs is 1. The lowest BCUT2D eigenvalue weighted by atomic mass is 9.69. The zero-order valence-electron chi connectivity index (χ0n) is 35.0. The fourth-order valence-electron chi connectivity index (χ4n) is 7.71. The van der Waals surface area contributed by atoms with Gasteiger partial charge in [-0.3, -0.25) is 4.79 Å². The largest absolute Gasteiger partial charge is 0.488 e. The highest BCUT2D eigenvalue weighted by Gasteiger charge is 2.45. The molecule has 1 N–H and O–H groups in total. The Labute approximate surface area is 335 Å². The summed E-state index contributed by atoms with van der Waals surface area (Å²) in [4.78, 5) is 12.2. The Morgan fingerprint density at radius 3 is 1.77 bits per heavy atom. The van der Waals surface area contributed by atoms with E-state index < -0.39 is 33.9 Å². The van der Waals surface area contributed by atoms with Crippen molar-refractivity contribution in [3.63, 3.8) is 0 Å². The van der Waals surface area contributed by atoms with Crippen LogP contribution in [0.15, 0.2) is 122 Å². The molecule has 0 bridgehead atoms. The zero-order valence-corrected chi connectivity index (χ0v) is 35.0. The number of aliphatic hydroxyl groups excluding tert-OH is 1. The number of ketones is 1. The van der Waals surface area contributed by atoms with Gasteiger partial charge in [0.15, 0.2) is 5.78 Å². The predicted molar refractivity (Wildman–Crippen MR) is 228 cm³/mol. The van der Waals surface area contributed by atoms with Crippen molar-refractivity contribution in [1.82, 2.24) is 0 Å². The molecular weight excluding hydrogens is 697 g/mol. The lowest BCUT2D eigenvalue weighted by molar-refractivity contribution is -0.136. The predicted octanol–water partition coefficient (Wildman–Crippen LogP) is 11.2. The maximum absolute atomic E-state index is 12.2. The van der Waals surface area contributed by atoms with E-state index in [9.17, 15) is 9.90 Å². The molecule has 0 saturated carbocycles. The van der Waals surface area contributed by atoms with Crippen molar-refractivity contribution in [2.45, 2.75) is 121 Å². The van der Waals surface area contributed by atoms with E-state index >= 15 is 0 Å². The van der Waals surface area contributed by atoms with E-state index in [-0.39, 0.29) is 5.78 Å². The minimum Gasteiger partial charge on any atom is -0.488 e. The summed E-state index contributed by atoms with van der Waals surface area (Å²) < 4.78 is 25.0. The first-order chi connectivity index (χ1) is 26.3. The summed E-state index contributed by atoms with van der Waals surface area (Å²) in [5, 5.41) is 10.3. The van der Waals surface area contributed by atoms with Crippen molar-refractivity contribution in [1.29, 1.82) is 0 Å². The highest BCUT2D eigenvalue weighted by atomic mass is 16.5. The first-order valence-corrected chi connectivity index (χ1v) is 19.9. The average molecular weight is 759 g/mol. The topological polar surface area (TPSA) is 74.2 Å². The van der Waals surface area contributed by atoms with Crippen molar-refractivity contribution in [3.8, 4) is 22.6 Å². The van der Waals surface area contributed by atoms with Crippen LogP contribution in [0.25, 0.3) is 11.1 Å². The van der Waals surface area contributed by atoms with E-state index in [1.807, 2.05) is 27.7 Å². The average Bonchev–Trinajstić information content (AvgIpc) is 3.46. The lowest BCUT2D eigenvalue weighted by Crippen LogP contribution is -2.39. The molecule has 0 radical (unpaired) electrons. The molecule has 1 aliphatic carbocycles. The molecule has 4 aromatic carbocycles. The normalized spacial score (nSPS) is 17.9. The molecule has 3 atom stereocenters. The second kappa shape index (κ2) is 16.9. The SMILES string of the molecule is C=CC(=O)C(C)(C)OCCC(C)(C)Oc1ccc(C2(c3ccc(OC(C)(C)CCOC(C)(C)C(O)C=C)cc3)CC(C)c3ccc(-c4ccccc4)cc32)cc1. The summed E-state index contributed by atoms with van der Waals surface area (Å²) in [5.74, 6) is 1.76. The zero-order chi connectivity index (χ0) is 40.9. The van der Waals surface area contributed by atoms with Gasteiger partial charge in [0, 0.05) is 18.3 Å². The first-order valence-electron chi connectivity index (χ1n) is 19.9. The van der Waals surface area contributed by atoms with E-state index in [1.165, 1.54) is 45.5 Å². The highest BCUT2D eigenvalue weighted by molar-refractivity contribution is 5.95. The Kier molecular flexibility index (Phi) is 12.9. The van der Waals surface area contributed by atoms with Crippen LogP contribution in [-0.4, -0.2) is 52.6 Å². The molecule has 0 saturated heterocycles. The number of ether oxygens (including phenoxy) is 4. The summed E-state index contributed by atoms with van der Waals surface area (Å²) in [6, 6.07) is 34.7. The minimum absolute atomic E-state index is 0.141. The Morgan fingerprint density at radius 2 is 1.27 bits per heavy atom. The fourth-order valence-corrected chi connectivity index (χ4v) is 7.71. The molecule has 6 nitrogen and oxygen atoms in total. The van der Waals surface area contributed by atoms with Crippen molar-refractivity contribution >= 4 is 5.78 Å². The van der Waals surface area contributed by atoms with Gasteiger partial charge < -0.3 is 24.1 Å². The van der Waals surface area contributed by atoms with Gasteiger partial charge in [-0.25, -0.2) is 0 Å². The molecule has 6 heteroatoms. The van der Waals surface area contributed by atoms with E-state index in [1.54, 1.807) is 13.8 Å². The molecule has 0 heterocycles. The van der Waals surface area contributed by atoms with Crippen molar-refractivity contribution in [2.75, 3.05) is 13.2 Å². The van der Waals surface area contributed by atoms with Crippen LogP contribution in [0.4, 0.5) is 0 Å². The number of carbonyl (C=O) groups excluding carboxylic acids is 1. The lowest BCUT2D eigenvalue weighted by Gasteiger charge is -2.34. The van der Waals surface area contributed by atoms with Crippen LogP contribution >= 0.6 is 0 Å². The quantitative estimate of drug-likeness (QED) is 0.0758. The number of aliphatic hydroxyl groups is 1. The number of benzene rings is 4. The van der Waals surface area contributed by atoms with Gasteiger partial charge >= 0.3 is 0 Å². The van der Waals surface area contributed by atoms with Gasteiger partial charge in [0.25, 0.3) is 0 Å². The Morgan fingerprint density at radius 1 is 0.750 bits per heavy atom. The third-order valence-electron chi connectivity index (χ3n) is 11.3. The van der Waals surface area contributed by atoms with E-state index in [4.69, 9.17) is 18.9 Å². The van der Waals surface area contributed by atoms with Crippen molar-refractivity contribution in [2.24, 2.45) is 0 Å². The molecule has 5 rings (SSSR count). The van der Waals surface area contributed by atoms with Crippen LogP contribution in [0.3, 0.4) is 0 Å². The number of rotatable bonds is 19. The third kappa shape index (κ3) is 9.72. The van der Waals surface area contributed by atoms with Gasteiger partial charge in [0.2, 0.25) is 0 Å². The molecule has 0 aliphatic heterocycles. The first kappa shape index (κ1) is 42.6. The van der Waals surface area contributed by atoms with Crippen molar-refractivity contribution in [3.05, 3.63) is 145 Å². The molecule has 3 unspecified atom stereocenters. The maximum Gasteiger partial charge on any atom is 0.186 e. The third-order valence-corrected chi connectivity index (χ3v) is 11.3. The Balaban J connectivity index is 1.44. The molecule has 0 fully saturated rings. The van der Waals surface area contributed by atoms with Crippen LogP contribution in [0.1, 0.15) is 110 Å². The van der Waals surface area contributed by atoms with Gasteiger partial charge in [-0.05, 0) is 138 Å². The number of carbonyl (C=O) groups is 1. The number of hydrogen-bond acceptors (Lipinski definition) is 6. The van der Waals surface area contributed by atoms with E-state index in [2.05, 4.69) is 131 Å². The summed E-state index contributed by atoms with van der Waals surface area (Å²) in [5.41, 5.74) is 4.35. The molecular formula is C50H62O6. The van der Waals surface area contributed by atoms with Gasteiger partial charge in [-0.1, -0.05) is 86.3 Å². The molecule has 56 heavy (non-hydrogen) atoms. The van der Waals surface area contributed by atoms with E-state index in [0.29, 0.717) is 32.0 Å². The second-order valence-corrected chi connectivity index (χ2v) is 17.5. The minimum atomic E-state index is -0.924. The second-order valence-electron chi connectivity index (χ2n) is 17.5. The van der Waals surface area contributed by atoms with Crippen LogP contribution < -0.4 is 9.47 Å². The standard InChI is InChI=1S/C50H62O6/c1-12-44(51)48(8,9)53-31-29-46(4,5)55-40-24-20-38(21-25-40)50(34-35(3)42-28-19-37(33-43(42)50)36-17-15-14-16-18-36)39-22-26-41(27-23-39)56-47(6,7)30-32-54-49(10,11)45(52)13-2/h12-28,33,35,44,51H,1-2,29-32,34H2,3-11H3. The molecule has 298 valence electrons. The molecule has 0 aromatic heterocycles. The van der Waals surface area contributed by atoms with Gasteiger partial charge in [-0.15, -0.1) is 6.58 Å². The Hall–Kier alpha value is -4.49. The van der Waals surface area contributed by atoms with Crippen LogP contribution in [0.2, 0.25) is 0 Å². The molecule has 4 aromatic rings. The summed E-state index contributed by atoms with van der Waals surface area (Å²) >= 11 is 0. The Bertz CT molecular complexity index is 1960. The summed E-state index contributed by atoms with van der Waals surface area (Å²) in [7, 11) is 0.